The van der Waals surface area contributed by atoms with E-state index in [4.69, 9.17) is 4.43 Å². The van der Waals surface area contributed by atoms with Crippen LogP contribution in [0.1, 0.15) is 20.8 Å². The highest BCUT2D eigenvalue weighted by molar-refractivity contribution is 8.09. The van der Waals surface area contributed by atoms with Crippen molar-refractivity contribution in [3.63, 3.8) is 0 Å². The molecular weight excluding hydrogens is 386 g/mol. The maximum Gasteiger partial charge on any atom is 0.250 e. The number of hydrogen-bond donors (Lipinski definition) is 2. The van der Waals surface area contributed by atoms with E-state index in [0.29, 0.717) is 10.6 Å². The fourth-order valence-corrected chi connectivity index (χ4v) is 4.81. The minimum Gasteiger partial charge on any atom is -0.544 e. The molecule has 5 nitrogen and oxygen atoms in total. The fourth-order valence-electron chi connectivity index (χ4n) is 1.80. The predicted octanol–water partition coefficient (Wildman–Crippen LogP) is 4.76. The molecule has 2 aromatic carbocycles. The highest BCUT2D eigenvalue weighted by Gasteiger charge is 2.38. The largest absolute Gasteiger partial charge is 0.544 e. The van der Waals surface area contributed by atoms with Gasteiger partial charge in [-0.3, -0.25) is 0 Å². The second-order valence-electron chi connectivity index (χ2n) is 7.52. The summed E-state index contributed by atoms with van der Waals surface area (Å²) in [6.07, 6.45) is 0. The third kappa shape index (κ3) is 5.26. The Bertz CT molecular complexity index is 842. The van der Waals surface area contributed by atoms with E-state index in [1.807, 2.05) is 0 Å². The number of hydrogen-bond acceptors (Lipinski definition) is 5. The standard InChI is InChI=1S/C18H25NO4S2Si/c1-18(2,3)26(4,5)23-15-8-12-17(13-9-15)25(21,22)19-24-16-10-6-14(20)7-11-16/h6-13,19-20H,1-5H3. The average molecular weight is 412 g/mol. The van der Waals surface area contributed by atoms with Crippen LogP contribution in [0.5, 0.6) is 11.5 Å². The van der Waals surface area contributed by atoms with E-state index >= 15 is 0 Å². The van der Waals surface area contributed by atoms with Gasteiger partial charge in [-0.15, -0.1) is 4.13 Å². The topological polar surface area (TPSA) is 75.6 Å². The van der Waals surface area contributed by atoms with Crippen molar-refractivity contribution in [3.8, 4) is 11.5 Å². The number of rotatable bonds is 6. The van der Waals surface area contributed by atoms with Crippen LogP contribution >= 0.6 is 11.9 Å². The summed E-state index contributed by atoms with van der Waals surface area (Å²) in [5.74, 6) is 0.816. The Hall–Kier alpha value is -1.48. The van der Waals surface area contributed by atoms with Gasteiger partial charge in [-0.2, -0.15) is 0 Å². The van der Waals surface area contributed by atoms with Crippen LogP contribution in [0.2, 0.25) is 18.1 Å². The van der Waals surface area contributed by atoms with E-state index in [9.17, 15) is 13.5 Å². The molecule has 2 aromatic rings. The monoisotopic (exact) mass is 411 g/mol. The number of aromatic hydroxyl groups is 1. The summed E-state index contributed by atoms with van der Waals surface area (Å²) in [7, 11) is -5.61. The zero-order valence-electron chi connectivity index (χ0n) is 15.6. The quantitative estimate of drug-likeness (QED) is 0.529. The minimum absolute atomic E-state index is 0.0695. The molecule has 2 N–H and O–H groups in total. The van der Waals surface area contributed by atoms with Gasteiger partial charge in [0.1, 0.15) is 11.5 Å². The predicted molar refractivity (Wildman–Crippen MR) is 109 cm³/mol. The first-order chi connectivity index (χ1) is 11.9. The van der Waals surface area contributed by atoms with E-state index < -0.39 is 18.3 Å². The maximum absolute atomic E-state index is 12.4. The summed E-state index contributed by atoms with van der Waals surface area (Å²) >= 11 is 0.975. The second kappa shape index (κ2) is 7.64. The Labute approximate surface area is 161 Å². The number of nitrogens with one attached hydrogen (secondary N) is 1. The average Bonchev–Trinajstić information content (AvgIpc) is 2.53. The number of phenolic OH excluding ortho intramolecular Hbond substituents is 1. The molecule has 142 valence electrons. The van der Waals surface area contributed by atoms with E-state index in [1.165, 1.54) is 12.1 Å². The van der Waals surface area contributed by atoms with E-state index in [1.54, 1.807) is 36.4 Å². The van der Waals surface area contributed by atoms with Gasteiger partial charge in [0.15, 0.2) is 0 Å². The molecule has 0 aromatic heterocycles. The van der Waals surface area contributed by atoms with Gasteiger partial charge in [0.2, 0.25) is 18.3 Å². The minimum atomic E-state index is -3.65. The lowest BCUT2D eigenvalue weighted by atomic mass is 10.2. The van der Waals surface area contributed by atoms with Crippen LogP contribution in [0.25, 0.3) is 0 Å². The van der Waals surface area contributed by atoms with Crippen LogP contribution in [0.4, 0.5) is 0 Å². The summed E-state index contributed by atoms with van der Waals surface area (Å²) < 4.78 is 33.5. The third-order valence-electron chi connectivity index (χ3n) is 4.42. The van der Waals surface area contributed by atoms with E-state index in [0.717, 1.165) is 11.9 Å². The van der Waals surface area contributed by atoms with Crippen molar-refractivity contribution in [1.29, 1.82) is 0 Å². The molecule has 0 unspecified atom stereocenters. The molecule has 0 atom stereocenters. The Morgan fingerprint density at radius 1 is 1.00 bits per heavy atom. The van der Waals surface area contributed by atoms with Crippen LogP contribution in [0.3, 0.4) is 0 Å². The third-order valence-corrected chi connectivity index (χ3v) is 11.4. The Kier molecular flexibility index (Phi) is 6.12. The first-order valence-electron chi connectivity index (χ1n) is 8.17. The smallest absolute Gasteiger partial charge is 0.250 e. The second-order valence-corrected chi connectivity index (χ2v) is 15.1. The number of phenols is 1. The lowest BCUT2D eigenvalue weighted by molar-refractivity contribution is 0.475. The number of sulfonamides is 1. The summed E-state index contributed by atoms with van der Waals surface area (Å²) in [5, 5.41) is 9.33. The van der Waals surface area contributed by atoms with E-state index in [2.05, 4.69) is 38.0 Å². The molecule has 0 bridgehead atoms. The zero-order valence-corrected chi connectivity index (χ0v) is 18.2. The zero-order chi connectivity index (χ0) is 19.6. The highest BCUT2D eigenvalue weighted by atomic mass is 32.3. The molecule has 0 amide bonds. The molecule has 26 heavy (non-hydrogen) atoms. The first kappa shape index (κ1) is 20.8. The van der Waals surface area contributed by atoms with Crippen molar-refractivity contribution in [2.45, 2.75) is 48.7 Å². The van der Waals surface area contributed by atoms with Crippen molar-refractivity contribution >= 4 is 30.3 Å². The van der Waals surface area contributed by atoms with Crippen LogP contribution in [-0.2, 0) is 10.0 Å². The number of benzene rings is 2. The Morgan fingerprint density at radius 2 is 1.54 bits per heavy atom. The van der Waals surface area contributed by atoms with Crippen molar-refractivity contribution in [1.82, 2.24) is 4.13 Å². The van der Waals surface area contributed by atoms with Crippen molar-refractivity contribution in [3.05, 3.63) is 48.5 Å². The van der Waals surface area contributed by atoms with Crippen molar-refractivity contribution in [2.75, 3.05) is 0 Å². The van der Waals surface area contributed by atoms with Gasteiger partial charge in [0.25, 0.3) is 0 Å². The van der Waals surface area contributed by atoms with Gasteiger partial charge < -0.3 is 9.53 Å². The Balaban J connectivity index is 2.07. The highest BCUT2D eigenvalue weighted by Crippen LogP contribution is 2.37. The summed E-state index contributed by atoms with van der Waals surface area (Å²) in [6, 6.07) is 12.8. The van der Waals surface area contributed by atoms with E-state index in [-0.39, 0.29) is 15.7 Å². The van der Waals surface area contributed by atoms with Gasteiger partial charge in [0, 0.05) is 4.90 Å². The molecule has 8 heteroatoms. The molecule has 0 saturated carbocycles. The fraction of sp³-hybridized carbons (Fsp3) is 0.333. The molecule has 0 aliphatic rings. The van der Waals surface area contributed by atoms with Gasteiger partial charge >= 0.3 is 0 Å². The van der Waals surface area contributed by atoms with Crippen LogP contribution in [0.15, 0.2) is 58.3 Å². The molecular formula is C18H25NO4S2Si. The SMILES string of the molecule is CC(C)(C)[Si](C)(C)Oc1ccc(S(=O)(=O)NSc2ccc(O)cc2)cc1. The molecule has 0 saturated heterocycles. The van der Waals surface area contributed by atoms with Crippen LogP contribution in [-0.4, -0.2) is 21.8 Å². The summed E-state index contributed by atoms with van der Waals surface area (Å²) in [4.78, 5) is 0.857. The van der Waals surface area contributed by atoms with Crippen molar-refractivity contribution < 1.29 is 18.0 Å². The Morgan fingerprint density at radius 3 is 2.04 bits per heavy atom. The molecule has 0 fully saturated rings. The van der Waals surface area contributed by atoms with Crippen molar-refractivity contribution in [2.24, 2.45) is 0 Å². The lowest BCUT2D eigenvalue weighted by Gasteiger charge is -2.36. The van der Waals surface area contributed by atoms with Crippen LogP contribution in [0, 0.1) is 0 Å². The van der Waals surface area contributed by atoms with Gasteiger partial charge in [-0.25, -0.2) is 8.42 Å². The van der Waals surface area contributed by atoms with Gasteiger partial charge in [0.05, 0.1) is 4.90 Å². The van der Waals surface area contributed by atoms with Gasteiger partial charge in [-0.1, -0.05) is 20.8 Å². The molecule has 0 spiro atoms. The summed E-state index contributed by atoms with van der Waals surface area (Å²) in [6.45, 7) is 10.8. The molecule has 0 heterocycles. The summed E-state index contributed by atoms with van der Waals surface area (Å²) in [5.41, 5.74) is 0. The molecule has 0 radical (unpaired) electrons. The first-order valence-corrected chi connectivity index (χ1v) is 13.4. The molecule has 0 aliphatic carbocycles. The molecule has 2 rings (SSSR count). The molecule has 0 aliphatic heterocycles. The van der Waals surface area contributed by atoms with Gasteiger partial charge in [-0.05, 0) is 78.6 Å². The lowest BCUT2D eigenvalue weighted by Crippen LogP contribution is -2.43. The van der Waals surface area contributed by atoms with Crippen LogP contribution < -0.4 is 8.55 Å². The maximum atomic E-state index is 12.4. The normalized spacial score (nSPS) is 12.8.